The summed E-state index contributed by atoms with van der Waals surface area (Å²) in [5.74, 6) is 0.532. The molecule has 1 saturated heterocycles. The highest BCUT2D eigenvalue weighted by atomic mass is 32.2. The molecule has 0 aromatic heterocycles. The lowest BCUT2D eigenvalue weighted by Gasteiger charge is -2.36. The van der Waals surface area contributed by atoms with Crippen LogP contribution in [0, 0.1) is 0 Å². The number of nitrogens with one attached hydrogen (secondary N) is 2. The van der Waals surface area contributed by atoms with E-state index in [1.807, 2.05) is 18.4 Å². The second-order valence-corrected chi connectivity index (χ2v) is 9.89. The highest BCUT2D eigenvalue weighted by molar-refractivity contribution is 7.98. The minimum absolute atomic E-state index is 0.138. The molecule has 5 atom stereocenters. The summed E-state index contributed by atoms with van der Waals surface area (Å²) in [5.41, 5.74) is 3.34. The molecule has 0 saturated carbocycles. The summed E-state index contributed by atoms with van der Waals surface area (Å²) in [7, 11) is 3.00. The fourth-order valence-electron chi connectivity index (χ4n) is 4.94. The number of thioether (sulfide) groups is 1. The number of ether oxygens (including phenoxy) is 3. The number of benzene rings is 1. The Kier molecular flexibility index (Phi) is 8.29. The van der Waals surface area contributed by atoms with Crippen molar-refractivity contribution >= 4 is 23.4 Å². The average molecular weight is 533 g/mol. The van der Waals surface area contributed by atoms with E-state index in [9.17, 15) is 24.9 Å². The SMILES string of the molecule is COc1c(NC2OC[C@@H](O)[C@H](O)[C@H]2O)cc2c(c1OC)-c1ccc(SC)c(=O)cc1[C@@H](NC(C)=O)CC2. The Morgan fingerprint density at radius 3 is 2.49 bits per heavy atom. The van der Waals surface area contributed by atoms with Crippen LogP contribution in [0.15, 0.2) is 34.0 Å². The van der Waals surface area contributed by atoms with E-state index in [1.165, 1.54) is 32.9 Å². The minimum atomic E-state index is -1.39. The molecule has 5 N–H and O–H groups in total. The molecule has 1 heterocycles. The molecule has 0 radical (unpaired) electrons. The second-order valence-electron chi connectivity index (χ2n) is 9.04. The fourth-order valence-corrected chi connectivity index (χ4v) is 5.40. The summed E-state index contributed by atoms with van der Waals surface area (Å²) in [6, 6.07) is 6.66. The number of methoxy groups -OCH3 is 2. The summed E-state index contributed by atoms with van der Waals surface area (Å²) < 4.78 is 17.1. The Morgan fingerprint density at radius 2 is 1.84 bits per heavy atom. The molecule has 0 spiro atoms. The van der Waals surface area contributed by atoms with E-state index in [-0.39, 0.29) is 17.9 Å². The Morgan fingerprint density at radius 1 is 1.11 bits per heavy atom. The number of aliphatic hydroxyl groups is 3. The van der Waals surface area contributed by atoms with E-state index in [4.69, 9.17) is 14.2 Å². The molecule has 2 aliphatic rings. The maximum Gasteiger partial charge on any atom is 0.217 e. The molecule has 2 aromatic rings. The van der Waals surface area contributed by atoms with Crippen LogP contribution in [0.4, 0.5) is 5.69 Å². The molecule has 1 aliphatic carbocycles. The number of aliphatic hydroxyl groups excluding tert-OH is 3. The van der Waals surface area contributed by atoms with Gasteiger partial charge in [0.15, 0.2) is 23.2 Å². The zero-order chi connectivity index (χ0) is 26.9. The van der Waals surface area contributed by atoms with Gasteiger partial charge in [0.2, 0.25) is 5.91 Å². The first-order valence-electron chi connectivity index (χ1n) is 11.9. The van der Waals surface area contributed by atoms with Gasteiger partial charge >= 0.3 is 0 Å². The molecule has 2 aromatic carbocycles. The van der Waals surface area contributed by atoms with Crippen LogP contribution in [0.1, 0.15) is 30.5 Å². The van der Waals surface area contributed by atoms with E-state index in [2.05, 4.69) is 10.6 Å². The second kappa shape index (κ2) is 11.3. The number of amides is 1. The Labute approximate surface area is 219 Å². The van der Waals surface area contributed by atoms with Crippen molar-refractivity contribution in [2.75, 3.05) is 32.4 Å². The van der Waals surface area contributed by atoms with E-state index >= 15 is 0 Å². The van der Waals surface area contributed by atoms with Crippen LogP contribution in [0.25, 0.3) is 11.1 Å². The highest BCUT2D eigenvalue weighted by Gasteiger charge is 2.38. The van der Waals surface area contributed by atoms with Gasteiger partial charge in [0.1, 0.15) is 18.3 Å². The number of aryl methyl sites for hydroxylation is 1. The third-order valence-corrected chi connectivity index (χ3v) is 7.49. The monoisotopic (exact) mass is 532 g/mol. The summed E-state index contributed by atoms with van der Waals surface area (Å²) in [5, 5.41) is 36.4. The largest absolute Gasteiger partial charge is 0.492 e. The Bertz CT molecular complexity index is 1240. The van der Waals surface area contributed by atoms with Crippen molar-refractivity contribution in [3.8, 4) is 22.6 Å². The van der Waals surface area contributed by atoms with E-state index in [0.29, 0.717) is 40.5 Å². The van der Waals surface area contributed by atoms with Crippen molar-refractivity contribution in [3.63, 3.8) is 0 Å². The molecule has 1 fully saturated rings. The number of hydrogen-bond acceptors (Lipinski definition) is 10. The number of fused-ring (bicyclic) bond motifs is 3. The van der Waals surface area contributed by atoms with Crippen LogP contribution in [-0.4, -0.2) is 72.8 Å². The number of rotatable bonds is 6. The van der Waals surface area contributed by atoms with Gasteiger partial charge in [-0.05, 0) is 54.0 Å². The van der Waals surface area contributed by atoms with Crippen molar-refractivity contribution in [2.24, 2.45) is 0 Å². The number of anilines is 1. The van der Waals surface area contributed by atoms with Gasteiger partial charge in [-0.15, -0.1) is 11.8 Å². The molecule has 11 heteroatoms. The third-order valence-electron chi connectivity index (χ3n) is 6.71. The highest BCUT2D eigenvalue weighted by Crippen LogP contribution is 2.49. The molecule has 10 nitrogen and oxygen atoms in total. The molecule has 0 bridgehead atoms. The minimum Gasteiger partial charge on any atom is -0.492 e. The maximum atomic E-state index is 12.9. The van der Waals surface area contributed by atoms with Crippen molar-refractivity contribution in [2.45, 2.75) is 55.2 Å². The van der Waals surface area contributed by atoms with Gasteiger partial charge < -0.3 is 40.2 Å². The lowest BCUT2D eigenvalue weighted by atomic mass is 9.95. The average Bonchev–Trinajstić information content (AvgIpc) is 3.11. The predicted molar refractivity (Wildman–Crippen MR) is 139 cm³/mol. The molecule has 1 amide bonds. The van der Waals surface area contributed by atoms with Crippen molar-refractivity contribution < 1.29 is 34.3 Å². The van der Waals surface area contributed by atoms with E-state index < -0.39 is 30.6 Å². The summed E-state index contributed by atoms with van der Waals surface area (Å²) in [6.07, 6.45) is -2.07. The molecule has 1 aliphatic heterocycles. The number of carbonyl (C=O) groups is 1. The summed E-state index contributed by atoms with van der Waals surface area (Å²) in [4.78, 5) is 25.6. The van der Waals surface area contributed by atoms with E-state index in [0.717, 1.165) is 16.7 Å². The van der Waals surface area contributed by atoms with Crippen LogP contribution in [0.2, 0.25) is 0 Å². The third kappa shape index (κ3) is 5.27. The van der Waals surface area contributed by atoms with Gasteiger partial charge in [0.25, 0.3) is 0 Å². The lowest BCUT2D eigenvalue weighted by Crippen LogP contribution is -2.55. The molecule has 200 valence electrons. The first-order valence-corrected chi connectivity index (χ1v) is 13.1. The van der Waals surface area contributed by atoms with Crippen molar-refractivity contribution in [1.82, 2.24) is 5.32 Å². The molecule has 1 unspecified atom stereocenters. The summed E-state index contributed by atoms with van der Waals surface area (Å²) in [6.45, 7) is 1.29. The quantitative estimate of drug-likeness (QED) is 0.346. The van der Waals surface area contributed by atoms with Gasteiger partial charge in [-0.2, -0.15) is 0 Å². The van der Waals surface area contributed by atoms with Gasteiger partial charge in [-0.3, -0.25) is 9.59 Å². The van der Waals surface area contributed by atoms with Crippen LogP contribution < -0.4 is 25.5 Å². The molecule has 4 rings (SSSR count). The zero-order valence-corrected chi connectivity index (χ0v) is 21.9. The molecule has 37 heavy (non-hydrogen) atoms. The van der Waals surface area contributed by atoms with Gasteiger partial charge in [0.05, 0.1) is 37.5 Å². The van der Waals surface area contributed by atoms with Crippen LogP contribution in [0.5, 0.6) is 11.5 Å². The van der Waals surface area contributed by atoms with Gasteiger partial charge in [-0.25, -0.2) is 0 Å². The Balaban J connectivity index is 1.90. The van der Waals surface area contributed by atoms with Crippen molar-refractivity contribution in [3.05, 3.63) is 45.6 Å². The first kappa shape index (κ1) is 27.2. The van der Waals surface area contributed by atoms with Gasteiger partial charge in [-0.1, -0.05) is 6.07 Å². The predicted octanol–water partition coefficient (Wildman–Crippen LogP) is 1.43. The molecular weight excluding hydrogens is 500 g/mol. The van der Waals surface area contributed by atoms with Crippen molar-refractivity contribution in [1.29, 1.82) is 0 Å². The standard InChI is InChI=1S/C26H32N2O8S/c1-12(29)27-16-7-5-13-9-17(28-26-23(33)22(32)19(31)11-36-26)24(34-2)25(35-3)21(13)14-6-8-20(37-4)18(30)10-15(14)16/h6,8-10,16,19,22-23,26,28,31-33H,5,7,11H2,1-4H3,(H,27,29)/t16-,19+,22-,23+,26?/m0/s1. The maximum absolute atomic E-state index is 12.9. The van der Waals surface area contributed by atoms with Crippen LogP contribution in [0.3, 0.4) is 0 Å². The Hall–Kier alpha value is -2.83. The topological polar surface area (TPSA) is 147 Å². The van der Waals surface area contributed by atoms with E-state index in [1.54, 1.807) is 12.1 Å². The number of hydrogen-bond donors (Lipinski definition) is 5. The number of carbonyl (C=O) groups excluding carboxylic acids is 1. The fraction of sp³-hybridized carbons (Fsp3) is 0.462. The van der Waals surface area contributed by atoms with Crippen LogP contribution >= 0.6 is 11.8 Å². The van der Waals surface area contributed by atoms with Gasteiger partial charge in [0, 0.05) is 12.5 Å². The van der Waals surface area contributed by atoms with Crippen LogP contribution in [-0.2, 0) is 16.0 Å². The smallest absolute Gasteiger partial charge is 0.217 e. The zero-order valence-electron chi connectivity index (χ0n) is 21.1. The lowest BCUT2D eigenvalue weighted by molar-refractivity contribution is -0.178. The first-order chi connectivity index (χ1) is 17.7. The molecular formula is C26H32N2O8S. The summed E-state index contributed by atoms with van der Waals surface area (Å²) >= 11 is 1.35. The normalized spacial score (nSPS) is 24.8.